The number of halogens is 1. The standard InChI is InChI=1S/C16H16ClN5O2S/c1-10(13-3-2-8-24-13)19-14(23)9-25-16-21-20-15(22(16)18)11-4-6-12(17)7-5-11/h2-8,10H,9,18H2,1H3,(H,19,23)/t10-/m0/s1. The minimum atomic E-state index is -0.205. The van der Waals surface area contributed by atoms with Crippen molar-refractivity contribution >= 4 is 29.3 Å². The second-order valence-corrected chi connectivity index (χ2v) is 6.66. The van der Waals surface area contributed by atoms with Gasteiger partial charge in [0.25, 0.3) is 0 Å². The Labute approximate surface area is 153 Å². The first-order chi connectivity index (χ1) is 12.0. The van der Waals surface area contributed by atoms with Crippen molar-refractivity contribution in [2.75, 3.05) is 11.6 Å². The van der Waals surface area contributed by atoms with Crippen LogP contribution in [0.1, 0.15) is 18.7 Å². The van der Waals surface area contributed by atoms with Gasteiger partial charge in [0, 0.05) is 10.6 Å². The first-order valence-electron chi connectivity index (χ1n) is 7.46. The summed E-state index contributed by atoms with van der Waals surface area (Å²) >= 11 is 7.09. The molecule has 0 unspecified atom stereocenters. The molecule has 1 aromatic carbocycles. The summed E-state index contributed by atoms with van der Waals surface area (Å²) in [6.45, 7) is 1.85. The number of furan rings is 1. The largest absolute Gasteiger partial charge is 0.467 e. The van der Waals surface area contributed by atoms with Gasteiger partial charge in [0.15, 0.2) is 5.82 Å². The third kappa shape index (κ3) is 4.15. The monoisotopic (exact) mass is 377 g/mol. The Morgan fingerprint density at radius 2 is 2.12 bits per heavy atom. The number of hydrogen-bond acceptors (Lipinski definition) is 6. The average molecular weight is 378 g/mol. The molecule has 130 valence electrons. The van der Waals surface area contributed by atoms with Crippen LogP contribution in [0.4, 0.5) is 0 Å². The summed E-state index contributed by atoms with van der Waals surface area (Å²) in [7, 11) is 0. The van der Waals surface area contributed by atoms with E-state index in [0.717, 1.165) is 5.56 Å². The summed E-state index contributed by atoms with van der Waals surface area (Å²) in [6, 6.07) is 10.5. The van der Waals surface area contributed by atoms with Crippen molar-refractivity contribution < 1.29 is 9.21 Å². The average Bonchev–Trinajstić information content (AvgIpc) is 3.24. The van der Waals surface area contributed by atoms with Crippen LogP contribution in [-0.4, -0.2) is 26.5 Å². The van der Waals surface area contributed by atoms with Crippen LogP contribution in [0.2, 0.25) is 5.02 Å². The third-order valence-corrected chi connectivity index (χ3v) is 4.64. The molecule has 2 aromatic heterocycles. The van der Waals surface area contributed by atoms with Gasteiger partial charge in [-0.05, 0) is 43.3 Å². The highest BCUT2D eigenvalue weighted by Gasteiger charge is 2.16. The van der Waals surface area contributed by atoms with E-state index >= 15 is 0 Å². The Bertz CT molecular complexity index is 848. The molecule has 25 heavy (non-hydrogen) atoms. The molecule has 3 N–H and O–H groups in total. The molecule has 0 radical (unpaired) electrons. The number of nitrogens with two attached hydrogens (primary N) is 1. The minimum Gasteiger partial charge on any atom is -0.467 e. The fourth-order valence-corrected chi connectivity index (χ4v) is 2.99. The first kappa shape index (κ1) is 17.4. The van der Waals surface area contributed by atoms with Gasteiger partial charge in [-0.1, -0.05) is 23.4 Å². The van der Waals surface area contributed by atoms with Crippen LogP contribution in [0.3, 0.4) is 0 Å². The van der Waals surface area contributed by atoms with E-state index in [0.29, 0.717) is 21.8 Å². The highest BCUT2D eigenvalue weighted by molar-refractivity contribution is 7.99. The molecule has 3 aromatic rings. The molecule has 0 aliphatic rings. The Morgan fingerprint density at radius 1 is 1.36 bits per heavy atom. The number of hydrogen-bond donors (Lipinski definition) is 2. The Hall–Kier alpha value is -2.45. The topological polar surface area (TPSA) is 99.0 Å². The highest BCUT2D eigenvalue weighted by Crippen LogP contribution is 2.23. The normalized spacial score (nSPS) is 12.1. The lowest BCUT2D eigenvalue weighted by molar-refractivity contribution is -0.119. The van der Waals surface area contributed by atoms with Gasteiger partial charge in [0.1, 0.15) is 5.76 Å². The number of benzene rings is 1. The van der Waals surface area contributed by atoms with Crippen molar-refractivity contribution in [2.45, 2.75) is 18.1 Å². The van der Waals surface area contributed by atoms with Gasteiger partial charge in [0.05, 0.1) is 18.1 Å². The van der Waals surface area contributed by atoms with E-state index in [-0.39, 0.29) is 17.7 Å². The zero-order valence-electron chi connectivity index (χ0n) is 13.3. The number of aromatic nitrogens is 3. The summed E-state index contributed by atoms with van der Waals surface area (Å²) in [5.41, 5.74) is 0.794. The Morgan fingerprint density at radius 3 is 2.80 bits per heavy atom. The number of nitrogens with one attached hydrogen (secondary N) is 1. The van der Waals surface area contributed by atoms with E-state index < -0.39 is 0 Å². The summed E-state index contributed by atoms with van der Waals surface area (Å²) in [6.07, 6.45) is 1.57. The molecule has 0 saturated carbocycles. The van der Waals surface area contributed by atoms with Crippen molar-refractivity contribution in [1.29, 1.82) is 0 Å². The van der Waals surface area contributed by atoms with Crippen LogP contribution in [0, 0.1) is 0 Å². The number of thioether (sulfide) groups is 1. The predicted molar refractivity (Wildman–Crippen MR) is 96.6 cm³/mol. The molecule has 0 fully saturated rings. The predicted octanol–water partition coefficient (Wildman–Crippen LogP) is 2.87. The van der Waals surface area contributed by atoms with E-state index in [1.807, 2.05) is 25.1 Å². The molecule has 9 heteroatoms. The van der Waals surface area contributed by atoms with Crippen LogP contribution in [0.5, 0.6) is 0 Å². The molecule has 1 atom stereocenters. The molecule has 0 bridgehead atoms. The van der Waals surface area contributed by atoms with E-state index in [4.69, 9.17) is 21.9 Å². The second-order valence-electron chi connectivity index (χ2n) is 5.28. The molecular weight excluding hydrogens is 362 g/mol. The summed E-state index contributed by atoms with van der Waals surface area (Å²) < 4.78 is 6.62. The van der Waals surface area contributed by atoms with Gasteiger partial charge >= 0.3 is 0 Å². The number of nitrogens with zero attached hydrogens (tertiary/aromatic N) is 3. The molecule has 0 saturated heterocycles. The first-order valence-corrected chi connectivity index (χ1v) is 8.83. The minimum absolute atomic E-state index is 0.148. The number of nitrogen functional groups attached to an aromatic ring is 1. The molecule has 1 amide bonds. The maximum Gasteiger partial charge on any atom is 0.231 e. The van der Waals surface area contributed by atoms with Gasteiger partial charge in [-0.3, -0.25) is 4.79 Å². The number of carbonyl (C=O) groups is 1. The number of carbonyl (C=O) groups excluding carboxylic acids is 1. The van der Waals surface area contributed by atoms with Crippen LogP contribution < -0.4 is 11.2 Å². The van der Waals surface area contributed by atoms with Crippen molar-refractivity contribution in [2.24, 2.45) is 0 Å². The van der Waals surface area contributed by atoms with Gasteiger partial charge in [-0.2, -0.15) is 0 Å². The van der Waals surface area contributed by atoms with Crippen LogP contribution in [0.25, 0.3) is 11.4 Å². The maximum atomic E-state index is 12.1. The highest BCUT2D eigenvalue weighted by atomic mass is 35.5. The smallest absolute Gasteiger partial charge is 0.231 e. The van der Waals surface area contributed by atoms with Gasteiger partial charge in [0.2, 0.25) is 11.1 Å². The van der Waals surface area contributed by atoms with Gasteiger partial charge in [-0.15, -0.1) is 10.2 Å². The van der Waals surface area contributed by atoms with E-state index in [1.165, 1.54) is 16.4 Å². The third-order valence-electron chi connectivity index (χ3n) is 3.45. The van der Waals surface area contributed by atoms with Crippen molar-refractivity contribution in [1.82, 2.24) is 20.2 Å². The molecule has 3 rings (SSSR count). The lowest BCUT2D eigenvalue weighted by Crippen LogP contribution is -2.28. The van der Waals surface area contributed by atoms with Crippen molar-refractivity contribution in [3.63, 3.8) is 0 Å². The van der Waals surface area contributed by atoms with Gasteiger partial charge < -0.3 is 15.6 Å². The molecule has 2 heterocycles. The molecule has 7 nitrogen and oxygen atoms in total. The summed E-state index contributed by atoms with van der Waals surface area (Å²) in [4.78, 5) is 12.1. The molecule has 0 spiro atoms. The van der Waals surface area contributed by atoms with E-state index in [1.54, 1.807) is 24.5 Å². The lowest BCUT2D eigenvalue weighted by Gasteiger charge is -2.10. The van der Waals surface area contributed by atoms with Crippen molar-refractivity contribution in [3.8, 4) is 11.4 Å². The van der Waals surface area contributed by atoms with Crippen LogP contribution in [-0.2, 0) is 4.79 Å². The second kappa shape index (κ2) is 7.62. The molecule has 0 aliphatic carbocycles. The quantitative estimate of drug-likeness (QED) is 0.506. The lowest BCUT2D eigenvalue weighted by atomic mass is 10.2. The van der Waals surface area contributed by atoms with Crippen LogP contribution >= 0.6 is 23.4 Å². The van der Waals surface area contributed by atoms with E-state index in [2.05, 4.69) is 15.5 Å². The maximum absolute atomic E-state index is 12.1. The number of amides is 1. The molecule has 0 aliphatic heterocycles. The van der Waals surface area contributed by atoms with E-state index in [9.17, 15) is 4.79 Å². The van der Waals surface area contributed by atoms with Gasteiger partial charge in [-0.25, -0.2) is 4.68 Å². The van der Waals surface area contributed by atoms with Crippen LogP contribution in [0.15, 0.2) is 52.2 Å². The molecular formula is C16H16ClN5O2S. The summed E-state index contributed by atoms with van der Waals surface area (Å²) in [5.74, 6) is 7.25. The fourth-order valence-electron chi connectivity index (χ4n) is 2.19. The fraction of sp³-hybridized carbons (Fsp3) is 0.188. The Kier molecular flexibility index (Phi) is 5.30. The Balaban J connectivity index is 1.60. The van der Waals surface area contributed by atoms with Crippen molar-refractivity contribution in [3.05, 3.63) is 53.4 Å². The SMILES string of the molecule is C[C@H](NC(=O)CSc1nnc(-c2ccc(Cl)cc2)n1N)c1ccco1. The zero-order valence-corrected chi connectivity index (χ0v) is 14.9. The zero-order chi connectivity index (χ0) is 17.8. The summed E-state index contributed by atoms with van der Waals surface area (Å²) in [5, 5.41) is 12.0. The number of rotatable bonds is 6.